The van der Waals surface area contributed by atoms with Crippen LogP contribution in [0.4, 0.5) is 5.13 Å². The quantitative estimate of drug-likeness (QED) is 0.903. The average Bonchev–Trinajstić information content (AvgIpc) is 2.59. The molecule has 1 aromatic rings. The highest BCUT2D eigenvalue weighted by Crippen LogP contribution is 2.31. The number of amides is 1. The van der Waals surface area contributed by atoms with Gasteiger partial charge in [0.2, 0.25) is 5.91 Å². The number of nitrogens with zero attached hydrogens (tertiary/aromatic N) is 1. The smallest absolute Gasteiger partial charge is 0.236 e. The minimum atomic E-state index is 0.0478. The molecule has 0 radical (unpaired) electrons. The summed E-state index contributed by atoms with van der Waals surface area (Å²) in [6.45, 7) is 2.27. The molecule has 1 aromatic heterocycles. The van der Waals surface area contributed by atoms with Gasteiger partial charge in [-0.1, -0.05) is 6.92 Å². The van der Waals surface area contributed by atoms with Gasteiger partial charge in [0.15, 0.2) is 5.13 Å². The van der Waals surface area contributed by atoms with Crippen LogP contribution in [0.15, 0.2) is 0 Å². The van der Waals surface area contributed by atoms with Gasteiger partial charge in [-0.15, -0.1) is 11.3 Å². The molecule has 0 saturated carbocycles. The Balaban J connectivity index is 2.04. The molecule has 0 fully saturated rings. The highest BCUT2D eigenvalue weighted by atomic mass is 32.2. The van der Waals surface area contributed by atoms with Crippen LogP contribution in [-0.2, 0) is 17.6 Å². The first-order chi connectivity index (χ1) is 7.69. The molecular formula is C11H16N2OS2. The Bertz CT molecular complexity index is 389. The molecule has 1 atom stereocenters. The van der Waals surface area contributed by atoms with Crippen LogP contribution in [0.2, 0.25) is 0 Å². The Hall–Kier alpha value is -0.550. The van der Waals surface area contributed by atoms with Crippen LogP contribution in [-0.4, -0.2) is 22.9 Å². The fourth-order valence-corrected chi connectivity index (χ4v) is 3.40. The topological polar surface area (TPSA) is 42.0 Å². The van der Waals surface area contributed by atoms with E-state index in [-0.39, 0.29) is 5.91 Å². The number of aromatic nitrogens is 1. The van der Waals surface area contributed by atoms with Gasteiger partial charge in [0.1, 0.15) is 0 Å². The molecule has 3 nitrogen and oxygen atoms in total. The number of carbonyl (C=O) groups is 1. The molecule has 2 rings (SSSR count). The second-order valence-corrected chi connectivity index (χ2v) is 6.17. The van der Waals surface area contributed by atoms with E-state index in [1.807, 2.05) is 6.26 Å². The fourth-order valence-electron chi connectivity index (χ4n) is 1.88. The van der Waals surface area contributed by atoms with Gasteiger partial charge < -0.3 is 5.32 Å². The number of aryl methyl sites for hydroxylation is 1. The molecule has 5 heteroatoms. The van der Waals surface area contributed by atoms with Crippen LogP contribution >= 0.6 is 23.1 Å². The van der Waals surface area contributed by atoms with Crippen molar-refractivity contribution in [1.82, 2.24) is 4.98 Å². The largest absolute Gasteiger partial charge is 0.301 e. The summed E-state index contributed by atoms with van der Waals surface area (Å²) < 4.78 is 0. The Kier molecular flexibility index (Phi) is 3.86. The van der Waals surface area contributed by atoms with Crippen molar-refractivity contribution in [2.75, 3.05) is 17.3 Å². The Morgan fingerprint density at radius 3 is 3.25 bits per heavy atom. The number of thioether (sulfide) groups is 1. The van der Waals surface area contributed by atoms with Crippen LogP contribution in [0.3, 0.4) is 0 Å². The first-order valence-electron chi connectivity index (χ1n) is 5.46. The molecule has 16 heavy (non-hydrogen) atoms. The number of rotatable bonds is 3. The molecule has 88 valence electrons. The summed E-state index contributed by atoms with van der Waals surface area (Å²) in [4.78, 5) is 17.3. The number of nitrogens with one attached hydrogen (secondary N) is 1. The molecule has 1 heterocycles. The van der Waals surface area contributed by atoms with Gasteiger partial charge in [0, 0.05) is 4.88 Å². The van der Waals surface area contributed by atoms with Gasteiger partial charge in [-0.25, -0.2) is 4.98 Å². The Morgan fingerprint density at radius 1 is 1.69 bits per heavy atom. The predicted octanol–water partition coefficient (Wildman–Crippen LogP) is 2.57. The monoisotopic (exact) mass is 256 g/mol. The lowest BCUT2D eigenvalue weighted by molar-refractivity contribution is -0.113. The minimum Gasteiger partial charge on any atom is -0.301 e. The Morgan fingerprint density at radius 2 is 2.50 bits per heavy atom. The maximum absolute atomic E-state index is 11.4. The van der Waals surface area contributed by atoms with E-state index >= 15 is 0 Å². The highest BCUT2D eigenvalue weighted by Gasteiger charge is 2.20. The van der Waals surface area contributed by atoms with Crippen molar-refractivity contribution in [3.63, 3.8) is 0 Å². The van der Waals surface area contributed by atoms with E-state index in [2.05, 4.69) is 17.2 Å². The van der Waals surface area contributed by atoms with E-state index in [0.717, 1.165) is 23.9 Å². The van der Waals surface area contributed by atoms with Crippen LogP contribution < -0.4 is 5.32 Å². The van der Waals surface area contributed by atoms with Crippen molar-refractivity contribution in [1.29, 1.82) is 0 Å². The predicted molar refractivity (Wildman–Crippen MR) is 70.3 cm³/mol. The first kappa shape index (κ1) is 11.9. The SMILES string of the molecule is CSCC(=O)Nc1nc2c(s1)CC(C)CC2. The summed E-state index contributed by atoms with van der Waals surface area (Å²) in [7, 11) is 0. The van der Waals surface area contributed by atoms with Crippen molar-refractivity contribution in [3.05, 3.63) is 10.6 Å². The molecule has 1 N–H and O–H groups in total. The zero-order valence-corrected chi connectivity index (χ0v) is 11.2. The highest BCUT2D eigenvalue weighted by molar-refractivity contribution is 7.99. The standard InChI is InChI=1S/C11H16N2OS2/c1-7-3-4-8-9(5-7)16-11(12-8)13-10(14)6-15-2/h7H,3-6H2,1-2H3,(H,12,13,14). The molecular weight excluding hydrogens is 240 g/mol. The van der Waals surface area contributed by atoms with Crippen molar-refractivity contribution < 1.29 is 4.79 Å². The summed E-state index contributed by atoms with van der Waals surface area (Å²) in [5, 5.41) is 3.64. The van der Waals surface area contributed by atoms with Gasteiger partial charge in [0.25, 0.3) is 0 Å². The minimum absolute atomic E-state index is 0.0478. The summed E-state index contributed by atoms with van der Waals surface area (Å²) in [6.07, 6.45) is 5.32. The van der Waals surface area contributed by atoms with E-state index in [9.17, 15) is 4.79 Å². The lowest BCUT2D eigenvalue weighted by Gasteiger charge is -2.15. The molecule has 0 aromatic carbocycles. The number of anilines is 1. The molecule has 0 bridgehead atoms. The van der Waals surface area contributed by atoms with Crippen LogP contribution in [0.5, 0.6) is 0 Å². The number of hydrogen-bond donors (Lipinski definition) is 1. The number of hydrogen-bond acceptors (Lipinski definition) is 4. The van der Waals surface area contributed by atoms with Gasteiger partial charge in [0.05, 0.1) is 11.4 Å². The Labute approximate surface area is 104 Å². The lowest BCUT2D eigenvalue weighted by Crippen LogP contribution is -2.13. The number of fused-ring (bicyclic) bond motifs is 1. The molecule has 1 aliphatic rings. The average molecular weight is 256 g/mol. The maximum atomic E-state index is 11.4. The second-order valence-electron chi connectivity index (χ2n) is 4.22. The van der Waals surface area contributed by atoms with Crippen molar-refractivity contribution >= 4 is 34.1 Å². The fraction of sp³-hybridized carbons (Fsp3) is 0.636. The molecule has 1 unspecified atom stereocenters. The third-order valence-electron chi connectivity index (χ3n) is 2.71. The summed E-state index contributed by atoms with van der Waals surface area (Å²) in [5.74, 6) is 1.30. The van der Waals surface area contributed by atoms with Gasteiger partial charge in [-0.3, -0.25) is 4.79 Å². The molecule has 0 aliphatic heterocycles. The van der Waals surface area contributed by atoms with E-state index in [1.54, 1.807) is 11.3 Å². The third-order valence-corrected chi connectivity index (χ3v) is 4.29. The maximum Gasteiger partial charge on any atom is 0.236 e. The summed E-state index contributed by atoms with van der Waals surface area (Å²) >= 11 is 3.17. The van der Waals surface area contributed by atoms with Gasteiger partial charge in [-0.2, -0.15) is 11.8 Å². The van der Waals surface area contributed by atoms with E-state index in [1.165, 1.54) is 28.8 Å². The van der Waals surface area contributed by atoms with Crippen LogP contribution in [0, 0.1) is 5.92 Å². The van der Waals surface area contributed by atoms with Crippen LogP contribution in [0.1, 0.15) is 23.9 Å². The molecule has 1 aliphatic carbocycles. The van der Waals surface area contributed by atoms with Crippen molar-refractivity contribution in [2.45, 2.75) is 26.2 Å². The van der Waals surface area contributed by atoms with E-state index in [0.29, 0.717) is 5.75 Å². The first-order valence-corrected chi connectivity index (χ1v) is 7.67. The summed E-state index contributed by atoms with van der Waals surface area (Å²) in [5.41, 5.74) is 1.20. The number of carbonyl (C=O) groups excluding carboxylic acids is 1. The zero-order valence-electron chi connectivity index (χ0n) is 9.58. The molecule has 0 saturated heterocycles. The number of thiazole rings is 1. The van der Waals surface area contributed by atoms with Gasteiger partial charge >= 0.3 is 0 Å². The van der Waals surface area contributed by atoms with Gasteiger partial charge in [-0.05, 0) is 31.4 Å². The van der Waals surface area contributed by atoms with Crippen LogP contribution in [0.25, 0.3) is 0 Å². The second kappa shape index (κ2) is 5.19. The zero-order chi connectivity index (χ0) is 11.5. The third kappa shape index (κ3) is 2.77. The van der Waals surface area contributed by atoms with E-state index < -0.39 is 0 Å². The summed E-state index contributed by atoms with van der Waals surface area (Å²) in [6, 6.07) is 0. The molecule has 1 amide bonds. The normalized spacial score (nSPS) is 19.2. The lowest BCUT2D eigenvalue weighted by atomic mass is 9.93. The van der Waals surface area contributed by atoms with E-state index in [4.69, 9.17) is 0 Å². The molecule has 0 spiro atoms. The van der Waals surface area contributed by atoms with Crippen molar-refractivity contribution in [2.24, 2.45) is 5.92 Å². The van der Waals surface area contributed by atoms with Crippen molar-refractivity contribution in [3.8, 4) is 0 Å².